The van der Waals surface area contributed by atoms with Gasteiger partial charge in [-0.05, 0) is 18.2 Å². The Morgan fingerprint density at radius 2 is 2.21 bits per heavy atom. The summed E-state index contributed by atoms with van der Waals surface area (Å²) >= 11 is 5.99. The summed E-state index contributed by atoms with van der Waals surface area (Å²) in [6.45, 7) is 0.501. The molecule has 1 N–H and O–H groups in total. The number of nitrogens with one attached hydrogen (secondary N) is 1. The molecule has 2 aromatic rings. The van der Waals surface area contributed by atoms with Gasteiger partial charge in [0.2, 0.25) is 0 Å². The van der Waals surface area contributed by atoms with Crippen molar-refractivity contribution in [2.24, 2.45) is 0 Å². The highest BCUT2D eigenvalue weighted by molar-refractivity contribution is 6.31. The fourth-order valence-corrected chi connectivity index (χ4v) is 2.51. The van der Waals surface area contributed by atoms with Crippen LogP contribution in [0.25, 0.3) is 5.69 Å². The van der Waals surface area contributed by atoms with Crippen LogP contribution < -0.4 is 5.32 Å². The van der Waals surface area contributed by atoms with E-state index in [-0.39, 0.29) is 5.91 Å². The first-order valence-corrected chi connectivity index (χ1v) is 6.29. The largest absolute Gasteiger partial charge is 0.372 e. The lowest BCUT2D eigenvalue weighted by Crippen LogP contribution is -2.25. The average molecular weight is 277 g/mol. The Bertz CT molecular complexity index is 665. The molecular formula is C13H13ClN4O. The second-order valence-electron chi connectivity index (χ2n) is 4.48. The summed E-state index contributed by atoms with van der Waals surface area (Å²) in [6, 6.07) is 5.32. The molecule has 2 heterocycles. The number of benzene rings is 1. The molecule has 1 aliphatic heterocycles. The van der Waals surface area contributed by atoms with E-state index in [1.54, 1.807) is 30.4 Å². The molecule has 1 aliphatic rings. The normalized spacial score (nSPS) is 13.8. The summed E-state index contributed by atoms with van der Waals surface area (Å²) < 4.78 is 1.93. The number of amides is 1. The maximum absolute atomic E-state index is 12.4. The van der Waals surface area contributed by atoms with Crippen molar-refractivity contribution in [3.8, 4) is 5.69 Å². The Labute approximate surface area is 115 Å². The number of hydrogen-bond acceptors (Lipinski definition) is 3. The minimum Gasteiger partial charge on any atom is -0.372 e. The number of fused-ring (bicyclic) bond motifs is 3. The van der Waals surface area contributed by atoms with Gasteiger partial charge in [-0.1, -0.05) is 11.6 Å². The van der Waals surface area contributed by atoms with Crippen LogP contribution in [0.1, 0.15) is 16.1 Å². The van der Waals surface area contributed by atoms with Crippen LogP contribution in [0.4, 0.5) is 5.82 Å². The molecule has 0 saturated heterocycles. The van der Waals surface area contributed by atoms with Gasteiger partial charge >= 0.3 is 0 Å². The van der Waals surface area contributed by atoms with E-state index in [0.29, 0.717) is 17.1 Å². The third kappa shape index (κ3) is 1.77. The van der Waals surface area contributed by atoms with Crippen LogP contribution in [0, 0.1) is 0 Å². The van der Waals surface area contributed by atoms with Gasteiger partial charge in [0.05, 0.1) is 23.5 Å². The Kier molecular flexibility index (Phi) is 2.71. The number of carbonyl (C=O) groups is 1. The highest BCUT2D eigenvalue weighted by atomic mass is 35.5. The lowest BCUT2D eigenvalue weighted by molar-refractivity contribution is 0.0788. The molecule has 0 atom stereocenters. The van der Waals surface area contributed by atoms with Gasteiger partial charge in [0.15, 0.2) is 0 Å². The fraction of sp³-hybridized carbons (Fsp3) is 0.231. The van der Waals surface area contributed by atoms with E-state index < -0.39 is 0 Å². The van der Waals surface area contributed by atoms with Gasteiger partial charge in [0, 0.05) is 19.1 Å². The lowest BCUT2D eigenvalue weighted by atomic mass is 10.1. The molecule has 1 aromatic heterocycles. The first-order chi connectivity index (χ1) is 9.11. The number of carbonyl (C=O) groups excluding carboxylic acids is 1. The molecule has 5 nitrogen and oxygen atoms in total. The Morgan fingerprint density at radius 1 is 1.42 bits per heavy atom. The molecule has 0 fully saturated rings. The number of halogens is 1. The van der Waals surface area contributed by atoms with Crippen LogP contribution in [-0.2, 0) is 6.54 Å². The zero-order valence-corrected chi connectivity index (χ0v) is 11.4. The quantitative estimate of drug-likeness (QED) is 0.868. The third-order valence-corrected chi connectivity index (χ3v) is 3.52. The van der Waals surface area contributed by atoms with Gasteiger partial charge in [-0.3, -0.25) is 9.36 Å². The molecule has 3 rings (SSSR count). The van der Waals surface area contributed by atoms with Crippen molar-refractivity contribution in [2.75, 3.05) is 19.4 Å². The minimum atomic E-state index is -0.0387. The highest BCUT2D eigenvalue weighted by Crippen LogP contribution is 2.29. The van der Waals surface area contributed by atoms with Crippen molar-refractivity contribution in [3.63, 3.8) is 0 Å². The van der Waals surface area contributed by atoms with Crippen molar-refractivity contribution in [1.82, 2.24) is 14.5 Å². The van der Waals surface area contributed by atoms with Crippen LogP contribution in [0.5, 0.6) is 0 Å². The van der Waals surface area contributed by atoms with Crippen LogP contribution in [0.2, 0.25) is 5.02 Å². The zero-order valence-electron chi connectivity index (χ0n) is 10.6. The predicted octanol–water partition coefficient (Wildman–Crippen LogP) is 2.15. The maximum Gasteiger partial charge on any atom is 0.256 e. The van der Waals surface area contributed by atoms with Crippen molar-refractivity contribution < 1.29 is 4.79 Å². The number of imidazole rings is 1. The monoisotopic (exact) mass is 276 g/mol. The SMILES string of the molecule is CNc1ncn2c1CN(C)C(=O)c1cc(Cl)ccc1-2. The Balaban J connectivity index is 2.30. The maximum atomic E-state index is 12.4. The molecule has 0 spiro atoms. The molecule has 0 saturated carbocycles. The van der Waals surface area contributed by atoms with E-state index >= 15 is 0 Å². The average Bonchev–Trinajstić information content (AvgIpc) is 2.76. The topological polar surface area (TPSA) is 50.2 Å². The van der Waals surface area contributed by atoms with Crippen molar-refractivity contribution in [1.29, 1.82) is 0 Å². The zero-order chi connectivity index (χ0) is 13.6. The van der Waals surface area contributed by atoms with Crippen LogP contribution in [0.3, 0.4) is 0 Å². The van der Waals surface area contributed by atoms with E-state index in [1.165, 1.54) is 0 Å². The molecule has 1 aromatic carbocycles. The molecule has 0 unspecified atom stereocenters. The van der Waals surface area contributed by atoms with E-state index in [0.717, 1.165) is 17.2 Å². The summed E-state index contributed by atoms with van der Waals surface area (Å²) in [5, 5.41) is 3.60. The molecule has 1 amide bonds. The fourth-order valence-electron chi connectivity index (χ4n) is 2.33. The van der Waals surface area contributed by atoms with Crippen molar-refractivity contribution >= 4 is 23.3 Å². The third-order valence-electron chi connectivity index (χ3n) is 3.29. The summed E-state index contributed by atoms with van der Waals surface area (Å²) in [4.78, 5) is 18.4. The molecule has 6 heteroatoms. The molecule has 0 radical (unpaired) electrons. The molecule has 19 heavy (non-hydrogen) atoms. The number of aromatic nitrogens is 2. The smallest absolute Gasteiger partial charge is 0.256 e. The highest BCUT2D eigenvalue weighted by Gasteiger charge is 2.25. The van der Waals surface area contributed by atoms with Crippen LogP contribution >= 0.6 is 11.6 Å². The van der Waals surface area contributed by atoms with Gasteiger partial charge in [0.1, 0.15) is 12.1 Å². The second kappa shape index (κ2) is 4.28. The summed E-state index contributed by atoms with van der Waals surface area (Å²) in [5.74, 6) is 0.741. The number of hydrogen-bond donors (Lipinski definition) is 1. The summed E-state index contributed by atoms with van der Waals surface area (Å²) in [7, 11) is 3.59. The van der Waals surface area contributed by atoms with Gasteiger partial charge in [-0.15, -0.1) is 0 Å². The molecular weight excluding hydrogens is 264 g/mol. The predicted molar refractivity (Wildman–Crippen MR) is 73.9 cm³/mol. The standard InChI is InChI=1S/C13H13ClN4O/c1-15-12-11-6-17(2)13(19)9-5-8(14)3-4-10(9)18(11)7-16-12/h3-5,7,15H,6H2,1-2H3. The molecule has 0 aliphatic carbocycles. The Hall–Kier alpha value is -2.01. The molecule has 98 valence electrons. The van der Waals surface area contributed by atoms with Gasteiger partial charge in [0.25, 0.3) is 5.91 Å². The van der Waals surface area contributed by atoms with Gasteiger partial charge in [-0.2, -0.15) is 0 Å². The minimum absolute atomic E-state index is 0.0387. The number of anilines is 1. The van der Waals surface area contributed by atoms with E-state index in [4.69, 9.17) is 11.6 Å². The van der Waals surface area contributed by atoms with E-state index in [1.807, 2.05) is 17.7 Å². The van der Waals surface area contributed by atoms with Gasteiger partial charge < -0.3 is 10.2 Å². The lowest BCUT2D eigenvalue weighted by Gasteiger charge is -2.14. The van der Waals surface area contributed by atoms with E-state index in [9.17, 15) is 4.79 Å². The Morgan fingerprint density at radius 3 is 2.95 bits per heavy atom. The summed E-state index contributed by atoms with van der Waals surface area (Å²) in [5.41, 5.74) is 2.36. The van der Waals surface area contributed by atoms with Gasteiger partial charge in [-0.25, -0.2) is 4.98 Å². The summed E-state index contributed by atoms with van der Waals surface area (Å²) in [6.07, 6.45) is 1.72. The number of rotatable bonds is 1. The number of nitrogens with zero attached hydrogens (tertiary/aromatic N) is 3. The van der Waals surface area contributed by atoms with Crippen LogP contribution in [0.15, 0.2) is 24.5 Å². The molecule has 0 bridgehead atoms. The van der Waals surface area contributed by atoms with Crippen molar-refractivity contribution in [3.05, 3.63) is 40.8 Å². The first kappa shape index (κ1) is 12.0. The second-order valence-corrected chi connectivity index (χ2v) is 4.92. The van der Waals surface area contributed by atoms with Crippen molar-refractivity contribution in [2.45, 2.75) is 6.54 Å². The first-order valence-electron chi connectivity index (χ1n) is 5.91. The van der Waals surface area contributed by atoms with E-state index in [2.05, 4.69) is 10.3 Å². The van der Waals surface area contributed by atoms with Crippen LogP contribution in [-0.4, -0.2) is 34.5 Å².